The third-order valence-corrected chi connectivity index (χ3v) is 4.40. The molecule has 0 aromatic heterocycles. The number of ether oxygens (including phenoxy) is 3. The van der Waals surface area contributed by atoms with Gasteiger partial charge in [-0.3, -0.25) is 0 Å². The van der Waals surface area contributed by atoms with E-state index < -0.39 is 18.2 Å². The minimum atomic E-state index is -0.561. The van der Waals surface area contributed by atoms with Gasteiger partial charge in [0, 0.05) is 18.2 Å². The number of hydrogen-bond donors (Lipinski definition) is 1. The molecule has 0 amide bonds. The molecule has 1 heterocycles. The first-order chi connectivity index (χ1) is 12.4. The zero-order chi connectivity index (χ0) is 19.3. The van der Waals surface area contributed by atoms with Crippen molar-refractivity contribution in [3.8, 4) is 11.5 Å². The van der Waals surface area contributed by atoms with Gasteiger partial charge in [0.1, 0.15) is 23.2 Å². The van der Waals surface area contributed by atoms with Crippen molar-refractivity contribution < 1.29 is 24.1 Å². The molecule has 142 valence electrons. The number of hydrogen-bond acceptors (Lipinski definition) is 5. The number of fused-ring (bicyclic) bond motifs is 1. The van der Waals surface area contributed by atoms with Gasteiger partial charge in [-0.05, 0) is 38.8 Å². The van der Waals surface area contributed by atoms with E-state index in [0.717, 1.165) is 18.4 Å². The molecule has 0 spiro atoms. The Morgan fingerprint density at radius 1 is 1.35 bits per heavy atom. The first-order valence-electron chi connectivity index (χ1n) is 8.91. The summed E-state index contributed by atoms with van der Waals surface area (Å²) in [5, 5.41) is 10.7. The molecule has 1 aliphatic rings. The molecule has 1 N–H and O–H groups in total. The van der Waals surface area contributed by atoms with E-state index in [1.165, 1.54) is 0 Å². The van der Waals surface area contributed by atoms with Crippen molar-refractivity contribution in [3.63, 3.8) is 0 Å². The second kappa shape index (κ2) is 8.90. The maximum Gasteiger partial charge on any atom is 0.343 e. The number of aromatic hydroxyl groups is 1. The van der Waals surface area contributed by atoms with Crippen molar-refractivity contribution in [3.05, 3.63) is 46.6 Å². The summed E-state index contributed by atoms with van der Waals surface area (Å²) in [6.07, 6.45) is 7.11. The minimum Gasteiger partial charge on any atom is -0.507 e. The number of esters is 1. The van der Waals surface area contributed by atoms with E-state index in [4.69, 9.17) is 14.2 Å². The Morgan fingerprint density at radius 2 is 2.08 bits per heavy atom. The normalized spacial score (nSPS) is 19.2. The van der Waals surface area contributed by atoms with E-state index in [-0.39, 0.29) is 11.3 Å². The smallest absolute Gasteiger partial charge is 0.343 e. The number of phenols is 1. The summed E-state index contributed by atoms with van der Waals surface area (Å²) < 4.78 is 16.7. The summed E-state index contributed by atoms with van der Waals surface area (Å²) in [6, 6.07) is 1.77. The first-order valence-corrected chi connectivity index (χ1v) is 8.91. The summed E-state index contributed by atoms with van der Waals surface area (Å²) in [6.45, 7) is 6.04. The molecule has 1 aliphatic heterocycles. The molecule has 0 bridgehead atoms. The van der Waals surface area contributed by atoms with Crippen LogP contribution in [0.15, 0.2) is 29.9 Å². The Hall–Kier alpha value is -2.27. The molecule has 0 saturated carbocycles. The maximum absolute atomic E-state index is 12.6. The highest BCUT2D eigenvalue weighted by Crippen LogP contribution is 2.44. The monoisotopic (exact) mass is 360 g/mol. The van der Waals surface area contributed by atoms with Crippen LogP contribution in [0.3, 0.4) is 0 Å². The highest BCUT2D eigenvalue weighted by Gasteiger charge is 2.39. The van der Waals surface area contributed by atoms with Crippen molar-refractivity contribution in [1.82, 2.24) is 0 Å². The standard InChI is InChI=1S/C21H28O5/c1-6-7-8-9-15-20(25-5)17-16(24-4)12-14(11-10-13(2)3)19(22)18(17)21(23)26-15/h8-10,12,15,20,22H,6-7,11H2,1-5H3/b9-8+/t15-,20-/m1/s1. The SMILES string of the molecule is CCC/C=C/[C@H]1OC(=O)c2c(O)c(CC=C(C)C)cc(OC)c2[C@@H]1OC. The third kappa shape index (κ3) is 4.10. The van der Waals surface area contributed by atoms with Gasteiger partial charge >= 0.3 is 5.97 Å². The number of cyclic esters (lactones) is 1. The lowest BCUT2D eigenvalue weighted by Crippen LogP contribution is -2.32. The quantitative estimate of drug-likeness (QED) is 0.573. The van der Waals surface area contributed by atoms with Gasteiger partial charge in [0.15, 0.2) is 6.10 Å². The van der Waals surface area contributed by atoms with Gasteiger partial charge in [-0.1, -0.05) is 31.1 Å². The Kier molecular flexibility index (Phi) is 6.86. The van der Waals surface area contributed by atoms with Gasteiger partial charge < -0.3 is 19.3 Å². The van der Waals surface area contributed by atoms with Crippen molar-refractivity contribution >= 4 is 5.97 Å². The second-order valence-electron chi connectivity index (χ2n) is 6.60. The molecule has 26 heavy (non-hydrogen) atoms. The fourth-order valence-electron chi connectivity index (χ4n) is 3.04. The fourth-order valence-corrected chi connectivity index (χ4v) is 3.04. The van der Waals surface area contributed by atoms with E-state index in [1.807, 2.05) is 32.1 Å². The van der Waals surface area contributed by atoms with E-state index in [2.05, 4.69) is 6.92 Å². The first kappa shape index (κ1) is 20.0. The molecule has 0 radical (unpaired) electrons. The fraction of sp³-hybridized carbons (Fsp3) is 0.476. The Morgan fingerprint density at radius 3 is 2.65 bits per heavy atom. The maximum atomic E-state index is 12.6. The molecule has 5 heteroatoms. The number of benzene rings is 1. The van der Waals surface area contributed by atoms with Crippen LogP contribution in [0, 0.1) is 0 Å². The van der Waals surface area contributed by atoms with Crippen LogP contribution >= 0.6 is 0 Å². The van der Waals surface area contributed by atoms with Gasteiger partial charge in [-0.2, -0.15) is 0 Å². The topological polar surface area (TPSA) is 65.0 Å². The molecular weight excluding hydrogens is 332 g/mol. The van der Waals surface area contributed by atoms with Crippen LogP contribution in [0.1, 0.15) is 61.2 Å². The van der Waals surface area contributed by atoms with Crippen LogP contribution in [-0.4, -0.2) is 31.4 Å². The summed E-state index contributed by atoms with van der Waals surface area (Å²) in [4.78, 5) is 12.6. The Bertz CT molecular complexity index is 714. The molecule has 1 aromatic carbocycles. The summed E-state index contributed by atoms with van der Waals surface area (Å²) in [5.74, 6) is -0.108. The average Bonchev–Trinajstić information content (AvgIpc) is 2.61. The van der Waals surface area contributed by atoms with Crippen LogP contribution in [0.5, 0.6) is 11.5 Å². The summed E-state index contributed by atoms with van der Waals surface area (Å²) >= 11 is 0. The highest BCUT2D eigenvalue weighted by atomic mass is 16.6. The van der Waals surface area contributed by atoms with Crippen LogP contribution in [0.2, 0.25) is 0 Å². The van der Waals surface area contributed by atoms with Gasteiger partial charge in [0.05, 0.1) is 7.11 Å². The number of carbonyl (C=O) groups excluding carboxylic acids is 1. The van der Waals surface area contributed by atoms with E-state index in [1.54, 1.807) is 20.3 Å². The average molecular weight is 360 g/mol. The van der Waals surface area contributed by atoms with Crippen molar-refractivity contribution in [2.75, 3.05) is 14.2 Å². The van der Waals surface area contributed by atoms with E-state index >= 15 is 0 Å². The number of rotatable bonds is 7. The van der Waals surface area contributed by atoms with Crippen molar-refractivity contribution in [1.29, 1.82) is 0 Å². The summed E-state index contributed by atoms with van der Waals surface area (Å²) in [5.41, 5.74) is 2.41. The third-order valence-electron chi connectivity index (χ3n) is 4.40. The van der Waals surface area contributed by atoms with Crippen LogP contribution < -0.4 is 4.74 Å². The van der Waals surface area contributed by atoms with Gasteiger partial charge in [-0.15, -0.1) is 0 Å². The number of methoxy groups -OCH3 is 2. The highest BCUT2D eigenvalue weighted by molar-refractivity contribution is 5.97. The molecule has 2 atom stereocenters. The zero-order valence-electron chi connectivity index (χ0n) is 16.2. The van der Waals surface area contributed by atoms with Gasteiger partial charge in [-0.25, -0.2) is 4.79 Å². The predicted molar refractivity (Wildman–Crippen MR) is 101 cm³/mol. The predicted octanol–water partition coefficient (Wildman–Crippen LogP) is 4.49. The Labute approximate surface area is 155 Å². The molecule has 0 aliphatic carbocycles. The summed E-state index contributed by atoms with van der Waals surface area (Å²) in [7, 11) is 3.10. The molecule has 0 fully saturated rings. The second-order valence-corrected chi connectivity index (χ2v) is 6.60. The van der Waals surface area contributed by atoms with Crippen LogP contribution in [0.25, 0.3) is 0 Å². The van der Waals surface area contributed by atoms with Gasteiger partial charge in [0.2, 0.25) is 0 Å². The molecule has 5 nitrogen and oxygen atoms in total. The lowest BCUT2D eigenvalue weighted by molar-refractivity contribution is -0.0292. The lowest BCUT2D eigenvalue weighted by Gasteiger charge is -2.32. The molecule has 0 saturated heterocycles. The van der Waals surface area contributed by atoms with Crippen LogP contribution in [0.4, 0.5) is 0 Å². The van der Waals surface area contributed by atoms with E-state index in [9.17, 15) is 9.90 Å². The van der Waals surface area contributed by atoms with Crippen molar-refractivity contribution in [2.45, 2.75) is 52.2 Å². The lowest BCUT2D eigenvalue weighted by atomic mass is 9.90. The number of unbranched alkanes of at least 4 members (excludes halogenated alkanes) is 1. The van der Waals surface area contributed by atoms with Crippen LogP contribution in [-0.2, 0) is 15.9 Å². The largest absolute Gasteiger partial charge is 0.507 e. The molecule has 2 rings (SSSR count). The zero-order valence-corrected chi connectivity index (χ0v) is 16.2. The molecular formula is C21H28O5. The van der Waals surface area contributed by atoms with E-state index in [0.29, 0.717) is 23.3 Å². The van der Waals surface area contributed by atoms with Crippen molar-refractivity contribution in [2.24, 2.45) is 0 Å². The van der Waals surface area contributed by atoms with Gasteiger partial charge in [0.25, 0.3) is 0 Å². The number of allylic oxidation sites excluding steroid dienone is 3. The molecule has 0 unspecified atom stereocenters. The molecule has 1 aromatic rings. The Balaban J connectivity index is 2.56. The number of phenolic OH excluding ortho intramolecular Hbond substituents is 1. The minimum absolute atomic E-state index is 0.0682. The number of carbonyl (C=O) groups is 1.